The first-order valence-electron chi connectivity index (χ1n) is 14.9. The molecule has 3 aliphatic heterocycles. The van der Waals surface area contributed by atoms with Crippen molar-refractivity contribution < 1.29 is 4.79 Å². The van der Waals surface area contributed by atoms with Gasteiger partial charge < -0.3 is 5.32 Å². The number of amides is 1. The Bertz CT molecular complexity index is 1080. The number of anilines is 1. The van der Waals surface area contributed by atoms with Gasteiger partial charge in [-0.2, -0.15) is 0 Å². The SMILES string of the molecule is CC1CCCC(C)N1CCNC(=O)CCCc1nnc2n1C1CCCCC1C1NC(c3ccccc3)NN21. The molecule has 6 atom stereocenters. The van der Waals surface area contributed by atoms with E-state index < -0.39 is 0 Å². The molecule has 0 radical (unpaired) electrons. The van der Waals surface area contributed by atoms with Crippen molar-refractivity contribution in [2.45, 2.75) is 109 Å². The molecule has 0 bridgehead atoms. The number of carbonyl (C=O) groups excluding carboxylic acids is 1. The number of aryl methyl sites for hydroxylation is 1. The van der Waals surface area contributed by atoms with E-state index in [1.165, 1.54) is 50.5 Å². The lowest BCUT2D eigenvalue weighted by Gasteiger charge is -2.44. The number of carbonyl (C=O) groups is 1. The average molecular weight is 521 g/mol. The zero-order chi connectivity index (χ0) is 26.1. The second-order valence-corrected chi connectivity index (χ2v) is 11.8. The Kier molecular flexibility index (Phi) is 7.68. The average Bonchev–Trinajstić information content (AvgIpc) is 3.56. The molecule has 1 aliphatic carbocycles. The number of nitrogens with zero attached hydrogens (tertiary/aromatic N) is 5. The second kappa shape index (κ2) is 11.3. The molecule has 4 heterocycles. The van der Waals surface area contributed by atoms with E-state index in [2.05, 4.69) is 84.9 Å². The predicted molar refractivity (Wildman–Crippen MR) is 148 cm³/mol. The van der Waals surface area contributed by atoms with E-state index in [1.807, 2.05) is 0 Å². The van der Waals surface area contributed by atoms with Gasteiger partial charge in [0, 0.05) is 50.0 Å². The summed E-state index contributed by atoms with van der Waals surface area (Å²) < 4.78 is 2.39. The van der Waals surface area contributed by atoms with Crippen molar-refractivity contribution in [1.82, 2.24) is 35.7 Å². The highest BCUT2D eigenvalue weighted by atomic mass is 16.1. The van der Waals surface area contributed by atoms with E-state index in [4.69, 9.17) is 0 Å². The van der Waals surface area contributed by atoms with Gasteiger partial charge >= 0.3 is 0 Å². The van der Waals surface area contributed by atoms with Gasteiger partial charge in [0.2, 0.25) is 11.9 Å². The van der Waals surface area contributed by atoms with Gasteiger partial charge in [-0.05, 0) is 51.5 Å². The molecule has 9 heteroatoms. The second-order valence-electron chi connectivity index (χ2n) is 11.8. The highest BCUT2D eigenvalue weighted by Crippen LogP contribution is 2.45. The monoisotopic (exact) mass is 520 g/mol. The number of rotatable bonds is 8. The lowest BCUT2D eigenvalue weighted by molar-refractivity contribution is -0.121. The highest BCUT2D eigenvalue weighted by Gasteiger charge is 2.48. The molecule has 1 aromatic heterocycles. The fourth-order valence-electron chi connectivity index (χ4n) is 7.37. The molecule has 6 unspecified atom stereocenters. The molecule has 2 saturated heterocycles. The summed E-state index contributed by atoms with van der Waals surface area (Å²) in [5.41, 5.74) is 4.91. The maximum Gasteiger partial charge on any atom is 0.243 e. The van der Waals surface area contributed by atoms with Gasteiger partial charge in [-0.25, -0.2) is 5.43 Å². The molecular formula is C29H44N8O. The van der Waals surface area contributed by atoms with Crippen LogP contribution in [0, 0.1) is 5.92 Å². The zero-order valence-corrected chi connectivity index (χ0v) is 23.0. The van der Waals surface area contributed by atoms with Gasteiger partial charge in [0.15, 0.2) is 0 Å². The van der Waals surface area contributed by atoms with Crippen molar-refractivity contribution in [3.05, 3.63) is 41.7 Å². The molecule has 2 aromatic rings. The molecule has 6 rings (SSSR count). The minimum absolute atomic E-state index is 0.0649. The number of hydrogen-bond acceptors (Lipinski definition) is 7. The number of fused-ring (bicyclic) bond motifs is 6. The Morgan fingerprint density at radius 3 is 2.63 bits per heavy atom. The number of piperidine rings is 1. The number of likely N-dealkylation sites (tertiary alicyclic amines) is 1. The third-order valence-corrected chi connectivity index (χ3v) is 9.37. The van der Waals surface area contributed by atoms with E-state index in [-0.39, 0.29) is 18.2 Å². The minimum Gasteiger partial charge on any atom is -0.355 e. The normalized spacial score (nSPS) is 30.9. The van der Waals surface area contributed by atoms with Gasteiger partial charge in [-0.15, -0.1) is 10.2 Å². The molecule has 38 heavy (non-hydrogen) atoms. The standard InChI is InChI=1S/C29H44N8O/c1-20-10-8-11-21(2)35(20)19-18-30-26(38)17-9-16-25-32-33-29-36(25)24-15-7-6-14-23(24)28-31-27(34-37(28)29)22-12-4-3-5-13-22/h3-5,12-13,20-21,23-24,27-28,31,34H,6-11,14-19H2,1-2H3,(H,30,38). The molecule has 3 N–H and O–H groups in total. The summed E-state index contributed by atoms with van der Waals surface area (Å²) in [5, 5.41) is 18.5. The Hall–Kier alpha value is -2.49. The van der Waals surface area contributed by atoms with Crippen LogP contribution >= 0.6 is 0 Å². The van der Waals surface area contributed by atoms with E-state index in [1.54, 1.807) is 0 Å². The van der Waals surface area contributed by atoms with Crippen LogP contribution in [0.15, 0.2) is 30.3 Å². The first kappa shape index (κ1) is 25.8. The molecule has 9 nitrogen and oxygen atoms in total. The van der Waals surface area contributed by atoms with Gasteiger partial charge in [-0.1, -0.05) is 49.6 Å². The molecule has 3 fully saturated rings. The maximum atomic E-state index is 12.6. The van der Waals surface area contributed by atoms with Crippen LogP contribution < -0.4 is 21.1 Å². The number of aromatic nitrogens is 3. The Balaban J connectivity index is 1.07. The van der Waals surface area contributed by atoms with Crippen molar-refractivity contribution >= 4 is 11.9 Å². The molecule has 0 spiro atoms. The summed E-state index contributed by atoms with van der Waals surface area (Å²) in [6.45, 7) is 6.29. The van der Waals surface area contributed by atoms with Crippen molar-refractivity contribution in [1.29, 1.82) is 0 Å². The van der Waals surface area contributed by atoms with Gasteiger partial charge in [0.25, 0.3) is 0 Å². The zero-order valence-electron chi connectivity index (χ0n) is 23.0. The largest absolute Gasteiger partial charge is 0.355 e. The summed E-state index contributed by atoms with van der Waals surface area (Å²) in [6, 6.07) is 12.2. The van der Waals surface area contributed by atoms with E-state index >= 15 is 0 Å². The van der Waals surface area contributed by atoms with Gasteiger partial charge in [0.05, 0.1) is 0 Å². The third-order valence-electron chi connectivity index (χ3n) is 9.37. The van der Waals surface area contributed by atoms with Crippen LogP contribution in [0.2, 0.25) is 0 Å². The lowest BCUT2D eigenvalue weighted by atomic mass is 9.81. The summed E-state index contributed by atoms with van der Waals surface area (Å²) in [6.07, 6.45) is 11.1. The molecule has 1 saturated carbocycles. The highest BCUT2D eigenvalue weighted by molar-refractivity contribution is 5.75. The Morgan fingerprint density at radius 2 is 1.82 bits per heavy atom. The van der Waals surface area contributed by atoms with E-state index in [9.17, 15) is 4.79 Å². The van der Waals surface area contributed by atoms with Crippen molar-refractivity contribution in [3.63, 3.8) is 0 Å². The van der Waals surface area contributed by atoms with E-state index in [0.29, 0.717) is 30.5 Å². The molecule has 1 aromatic carbocycles. The number of benzene rings is 1. The van der Waals surface area contributed by atoms with Crippen LogP contribution in [0.1, 0.15) is 95.2 Å². The van der Waals surface area contributed by atoms with Crippen LogP contribution in [-0.2, 0) is 11.2 Å². The number of hydrogen-bond donors (Lipinski definition) is 3. The van der Waals surface area contributed by atoms with Gasteiger partial charge in [-0.3, -0.25) is 24.6 Å². The van der Waals surface area contributed by atoms with Crippen LogP contribution in [0.3, 0.4) is 0 Å². The van der Waals surface area contributed by atoms with E-state index in [0.717, 1.165) is 37.7 Å². The van der Waals surface area contributed by atoms with Crippen molar-refractivity contribution in [2.75, 3.05) is 18.1 Å². The van der Waals surface area contributed by atoms with Crippen LogP contribution in [-0.4, -0.2) is 56.9 Å². The Morgan fingerprint density at radius 1 is 1.03 bits per heavy atom. The molecular weight excluding hydrogens is 476 g/mol. The van der Waals surface area contributed by atoms with Crippen molar-refractivity contribution in [3.8, 4) is 0 Å². The topological polar surface area (TPSA) is 90.3 Å². The van der Waals surface area contributed by atoms with Crippen LogP contribution in [0.4, 0.5) is 5.95 Å². The summed E-state index contributed by atoms with van der Waals surface area (Å²) in [4.78, 5) is 15.2. The Labute approximate surface area is 226 Å². The smallest absolute Gasteiger partial charge is 0.243 e. The predicted octanol–water partition coefficient (Wildman–Crippen LogP) is 3.66. The molecule has 1 amide bonds. The maximum absolute atomic E-state index is 12.6. The summed E-state index contributed by atoms with van der Waals surface area (Å²) >= 11 is 0. The fourth-order valence-corrected chi connectivity index (χ4v) is 7.37. The van der Waals surface area contributed by atoms with Crippen molar-refractivity contribution in [2.24, 2.45) is 5.92 Å². The van der Waals surface area contributed by atoms with Crippen LogP contribution in [0.5, 0.6) is 0 Å². The quantitative estimate of drug-likeness (QED) is 0.489. The number of hydrazine groups is 1. The molecule has 206 valence electrons. The number of nitrogens with one attached hydrogen (secondary N) is 3. The molecule has 4 aliphatic rings. The first-order valence-corrected chi connectivity index (χ1v) is 14.9. The minimum atomic E-state index is 0.0649. The lowest BCUT2D eigenvalue weighted by Crippen LogP contribution is -2.53. The third kappa shape index (κ3) is 5.08. The van der Waals surface area contributed by atoms with Gasteiger partial charge in [0.1, 0.15) is 18.2 Å². The summed E-state index contributed by atoms with van der Waals surface area (Å²) in [5.74, 6) is 2.58. The summed E-state index contributed by atoms with van der Waals surface area (Å²) in [7, 11) is 0. The van der Waals surface area contributed by atoms with Crippen LogP contribution in [0.25, 0.3) is 0 Å². The fraction of sp³-hybridized carbons (Fsp3) is 0.690. The first-order chi connectivity index (χ1) is 18.6.